The first-order valence-electron chi connectivity index (χ1n) is 7.07. The molecule has 2 aromatic rings. The van der Waals surface area contributed by atoms with Crippen LogP contribution in [0, 0.1) is 0 Å². The first-order valence-corrected chi connectivity index (χ1v) is 7.07. The fourth-order valence-electron chi connectivity index (χ4n) is 3.48. The van der Waals surface area contributed by atoms with Gasteiger partial charge in [-0.25, -0.2) is 0 Å². The summed E-state index contributed by atoms with van der Waals surface area (Å²) < 4.78 is 8.44. The van der Waals surface area contributed by atoms with E-state index < -0.39 is 0 Å². The second-order valence-electron chi connectivity index (χ2n) is 5.73. The van der Waals surface area contributed by atoms with Crippen LogP contribution in [0.3, 0.4) is 0 Å². The number of hydrogen-bond donors (Lipinski definition) is 0. The van der Waals surface area contributed by atoms with Gasteiger partial charge in [-0.05, 0) is 26.0 Å². The molecule has 4 nitrogen and oxygen atoms in total. The van der Waals surface area contributed by atoms with Crippen molar-refractivity contribution in [3.05, 3.63) is 30.0 Å². The molecule has 1 saturated heterocycles. The van der Waals surface area contributed by atoms with Crippen LogP contribution in [-0.2, 0) is 16.9 Å². The molecule has 2 aliphatic rings. The Kier molecular flexibility index (Phi) is 3.48. The molecule has 20 heavy (non-hydrogen) atoms. The number of aromatic nitrogens is 2. The molecule has 0 bridgehead atoms. The summed E-state index contributed by atoms with van der Waals surface area (Å²) in [5, 5.41) is 6.02. The van der Waals surface area contributed by atoms with E-state index in [0.29, 0.717) is 0 Å². The van der Waals surface area contributed by atoms with Crippen LogP contribution in [0.4, 0.5) is 0 Å². The summed E-state index contributed by atoms with van der Waals surface area (Å²) in [5.74, 6) is 0. The van der Waals surface area contributed by atoms with Crippen LogP contribution in [-0.4, -0.2) is 41.4 Å². The lowest BCUT2D eigenvalue weighted by Crippen LogP contribution is -2.46. The van der Waals surface area contributed by atoms with Gasteiger partial charge in [0.25, 0.3) is 0 Å². The standard InChI is InChI=1S/C15H19N3O.ClH/c1-17-8-6-15(7-9-17)14-12-4-2-3-5-13(12)16-18(14)10-11-19-15;/h2-5H,6-11H2,1H3;1H. The summed E-state index contributed by atoms with van der Waals surface area (Å²) in [6, 6.07) is 8.44. The number of nitrogens with zero attached hydrogens (tertiary/aromatic N) is 3. The van der Waals surface area contributed by atoms with Gasteiger partial charge in [-0.1, -0.05) is 18.2 Å². The molecule has 1 aromatic carbocycles. The first-order chi connectivity index (χ1) is 9.28. The topological polar surface area (TPSA) is 30.3 Å². The normalized spacial score (nSPS) is 21.6. The number of likely N-dealkylation sites (tertiary alicyclic amines) is 1. The molecule has 5 heteroatoms. The molecular weight excluding hydrogens is 274 g/mol. The molecule has 0 amide bonds. The maximum atomic E-state index is 6.26. The average molecular weight is 294 g/mol. The zero-order valence-corrected chi connectivity index (χ0v) is 12.5. The van der Waals surface area contributed by atoms with Gasteiger partial charge >= 0.3 is 0 Å². The Morgan fingerprint density at radius 3 is 2.70 bits per heavy atom. The van der Waals surface area contributed by atoms with Crippen molar-refractivity contribution in [2.75, 3.05) is 26.7 Å². The molecule has 1 aromatic heterocycles. The van der Waals surface area contributed by atoms with E-state index >= 15 is 0 Å². The number of benzene rings is 1. The van der Waals surface area contributed by atoms with Gasteiger partial charge in [-0.2, -0.15) is 5.10 Å². The van der Waals surface area contributed by atoms with Gasteiger partial charge < -0.3 is 9.64 Å². The van der Waals surface area contributed by atoms with Crippen molar-refractivity contribution in [2.45, 2.75) is 25.0 Å². The van der Waals surface area contributed by atoms with Crippen molar-refractivity contribution in [1.82, 2.24) is 14.7 Å². The molecule has 3 heterocycles. The van der Waals surface area contributed by atoms with Crippen molar-refractivity contribution in [3.63, 3.8) is 0 Å². The van der Waals surface area contributed by atoms with Crippen molar-refractivity contribution in [3.8, 4) is 0 Å². The van der Waals surface area contributed by atoms with Crippen LogP contribution in [0.1, 0.15) is 18.5 Å². The second-order valence-corrected chi connectivity index (χ2v) is 5.73. The number of rotatable bonds is 0. The SMILES string of the molecule is CN1CCC2(CC1)OCCn1nc3ccccc3c12.Cl. The average Bonchev–Trinajstić information content (AvgIpc) is 2.82. The summed E-state index contributed by atoms with van der Waals surface area (Å²) in [4.78, 5) is 2.38. The lowest BCUT2D eigenvalue weighted by atomic mass is 9.85. The van der Waals surface area contributed by atoms with Crippen LogP contribution < -0.4 is 0 Å². The number of piperidine rings is 1. The molecule has 4 rings (SSSR count). The summed E-state index contributed by atoms with van der Waals surface area (Å²) in [7, 11) is 2.19. The minimum atomic E-state index is -0.110. The van der Waals surface area contributed by atoms with E-state index in [0.717, 1.165) is 44.6 Å². The zero-order valence-electron chi connectivity index (χ0n) is 11.7. The van der Waals surface area contributed by atoms with Gasteiger partial charge in [-0.3, -0.25) is 4.68 Å². The Morgan fingerprint density at radius 1 is 1.15 bits per heavy atom. The number of ether oxygens (including phenoxy) is 1. The predicted octanol–water partition coefficient (Wildman–Crippen LogP) is 2.41. The van der Waals surface area contributed by atoms with E-state index in [2.05, 4.69) is 40.9 Å². The lowest BCUT2D eigenvalue weighted by molar-refractivity contribution is -0.111. The molecular formula is C15H20ClN3O. The van der Waals surface area contributed by atoms with E-state index in [1.165, 1.54) is 11.1 Å². The number of fused-ring (bicyclic) bond motifs is 4. The smallest absolute Gasteiger partial charge is 0.113 e. The fourth-order valence-corrected chi connectivity index (χ4v) is 3.48. The van der Waals surface area contributed by atoms with Crippen molar-refractivity contribution < 1.29 is 4.74 Å². The van der Waals surface area contributed by atoms with Gasteiger partial charge in [0.1, 0.15) is 5.60 Å². The predicted molar refractivity (Wildman–Crippen MR) is 81.3 cm³/mol. The van der Waals surface area contributed by atoms with Gasteiger partial charge in [0.2, 0.25) is 0 Å². The Morgan fingerprint density at radius 2 is 1.90 bits per heavy atom. The highest BCUT2D eigenvalue weighted by Crippen LogP contribution is 2.41. The largest absolute Gasteiger partial charge is 0.367 e. The minimum Gasteiger partial charge on any atom is -0.367 e. The van der Waals surface area contributed by atoms with Crippen LogP contribution in [0.2, 0.25) is 0 Å². The maximum absolute atomic E-state index is 6.26. The molecule has 0 aliphatic carbocycles. The van der Waals surface area contributed by atoms with Crippen molar-refractivity contribution in [1.29, 1.82) is 0 Å². The molecule has 2 aliphatic heterocycles. The highest BCUT2D eigenvalue weighted by atomic mass is 35.5. The van der Waals surface area contributed by atoms with E-state index in [-0.39, 0.29) is 18.0 Å². The molecule has 0 saturated carbocycles. The second kappa shape index (κ2) is 5.02. The molecule has 0 N–H and O–H groups in total. The maximum Gasteiger partial charge on any atom is 0.113 e. The Bertz CT molecular complexity index is 617. The van der Waals surface area contributed by atoms with Crippen molar-refractivity contribution in [2.24, 2.45) is 0 Å². The van der Waals surface area contributed by atoms with Gasteiger partial charge in [0.05, 0.1) is 24.4 Å². The summed E-state index contributed by atoms with van der Waals surface area (Å²) >= 11 is 0. The van der Waals surface area contributed by atoms with E-state index in [1.807, 2.05) is 0 Å². The highest BCUT2D eigenvalue weighted by Gasteiger charge is 2.42. The Hall–Kier alpha value is -1.10. The Balaban J connectivity index is 0.00000121. The minimum absolute atomic E-state index is 0. The molecule has 108 valence electrons. The van der Waals surface area contributed by atoms with Crippen LogP contribution in [0.5, 0.6) is 0 Å². The quantitative estimate of drug-likeness (QED) is 0.747. The van der Waals surface area contributed by atoms with E-state index in [1.54, 1.807) is 0 Å². The molecule has 0 atom stereocenters. The summed E-state index contributed by atoms with van der Waals surface area (Å²) in [6.07, 6.45) is 2.14. The van der Waals surface area contributed by atoms with E-state index in [9.17, 15) is 0 Å². The van der Waals surface area contributed by atoms with Gasteiger partial charge in [-0.15, -0.1) is 12.4 Å². The molecule has 1 fully saturated rings. The third-order valence-corrected chi connectivity index (χ3v) is 4.55. The van der Waals surface area contributed by atoms with Crippen molar-refractivity contribution >= 4 is 23.3 Å². The monoisotopic (exact) mass is 293 g/mol. The molecule has 0 radical (unpaired) electrons. The van der Waals surface area contributed by atoms with Crippen LogP contribution >= 0.6 is 12.4 Å². The molecule has 1 spiro atoms. The van der Waals surface area contributed by atoms with Crippen LogP contribution in [0.25, 0.3) is 10.9 Å². The highest BCUT2D eigenvalue weighted by molar-refractivity contribution is 5.85. The number of hydrogen-bond acceptors (Lipinski definition) is 3. The lowest BCUT2D eigenvalue weighted by Gasteiger charge is -2.43. The van der Waals surface area contributed by atoms with Gasteiger partial charge in [0.15, 0.2) is 0 Å². The van der Waals surface area contributed by atoms with E-state index in [4.69, 9.17) is 9.84 Å². The third-order valence-electron chi connectivity index (χ3n) is 4.55. The van der Waals surface area contributed by atoms with Gasteiger partial charge in [0, 0.05) is 18.5 Å². The summed E-state index contributed by atoms with van der Waals surface area (Å²) in [5.41, 5.74) is 2.30. The summed E-state index contributed by atoms with van der Waals surface area (Å²) in [6.45, 7) is 3.85. The number of halogens is 1. The first kappa shape index (κ1) is 13.9. The fraction of sp³-hybridized carbons (Fsp3) is 0.533. The zero-order chi connectivity index (χ0) is 12.9. The Labute approximate surface area is 125 Å². The third kappa shape index (κ3) is 1.94. The molecule has 0 unspecified atom stereocenters. The van der Waals surface area contributed by atoms with Crippen LogP contribution in [0.15, 0.2) is 24.3 Å².